The molecule has 1 fully saturated rings. The van der Waals surface area contributed by atoms with Gasteiger partial charge in [0.15, 0.2) is 0 Å². The molecule has 0 N–H and O–H groups in total. The summed E-state index contributed by atoms with van der Waals surface area (Å²) in [6, 6.07) is 0. The SMILES string of the molecule is COC(=O)[C@H]1CN(S(C)(=O)=O)C[C@@H]1C. The van der Waals surface area contributed by atoms with E-state index in [0.29, 0.717) is 6.54 Å². The Labute approximate surface area is 84.1 Å². The molecule has 6 heteroatoms. The molecular formula is C8H15NO4S. The Hall–Kier alpha value is -0.620. The molecule has 1 aliphatic heterocycles. The van der Waals surface area contributed by atoms with Gasteiger partial charge in [0.2, 0.25) is 10.0 Å². The normalized spacial score (nSPS) is 29.1. The molecule has 0 aliphatic carbocycles. The van der Waals surface area contributed by atoms with E-state index in [1.807, 2.05) is 6.92 Å². The summed E-state index contributed by atoms with van der Waals surface area (Å²) in [5.41, 5.74) is 0. The zero-order valence-electron chi connectivity index (χ0n) is 8.56. The van der Waals surface area contributed by atoms with Crippen molar-refractivity contribution in [3.8, 4) is 0 Å². The van der Waals surface area contributed by atoms with Gasteiger partial charge in [0, 0.05) is 13.1 Å². The predicted molar refractivity (Wildman–Crippen MR) is 51.1 cm³/mol. The highest BCUT2D eigenvalue weighted by Crippen LogP contribution is 2.25. The van der Waals surface area contributed by atoms with Crippen molar-refractivity contribution in [3.05, 3.63) is 0 Å². The molecule has 0 aromatic carbocycles. The van der Waals surface area contributed by atoms with Crippen molar-refractivity contribution in [2.45, 2.75) is 6.92 Å². The van der Waals surface area contributed by atoms with E-state index in [1.165, 1.54) is 11.4 Å². The van der Waals surface area contributed by atoms with E-state index in [-0.39, 0.29) is 24.3 Å². The van der Waals surface area contributed by atoms with Gasteiger partial charge in [-0.15, -0.1) is 0 Å². The van der Waals surface area contributed by atoms with E-state index in [9.17, 15) is 13.2 Å². The molecular weight excluding hydrogens is 206 g/mol. The molecule has 1 aliphatic rings. The van der Waals surface area contributed by atoms with Gasteiger partial charge in [0.25, 0.3) is 0 Å². The summed E-state index contributed by atoms with van der Waals surface area (Å²) in [5, 5.41) is 0. The maximum Gasteiger partial charge on any atom is 0.310 e. The second-order valence-electron chi connectivity index (χ2n) is 3.69. The van der Waals surface area contributed by atoms with E-state index >= 15 is 0 Å². The Morgan fingerprint density at radius 1 is 1.43 bits per heavy atom. The Morgan fingerprint density at radius 3 is 2.36 bits per heavy atom. The van der Waals surface area contributed by atoms with Crippen molar-refractivity contribution in [1.82, 2.24) is 4.31 Å². The molecule has 82 valence electrons. The minimum Gasteiger partial charge on any atom is -0.469 e. The maximum absolute atomic E-state index is 11.3. The lowest BCUT2D eigenvalue weighted by Gasteiger charge is -2.11. The lowest BCUT2D eigenvalue weighted by Crippen LogP contribution is -2.29. The van der Waals surface area contributed by atoms with Gasteiger partial charge in [-0.2, -0.15) is 0 Å². The zero-order chi connectivity index (χ0) is 10.9. The number of ether oxygens (including phenoxy) is 1. The lowest BCUT2D eigenvalue weighted by molar-refractivity contribution is -0.145. The Balaban J connectivity index is 2.75. The van der Waals surface area contributed by atoms with E-state index in [1.54, 1.807) is 0 Å². The summed E-state index contributed by atoms with van der Waals surface area (Å²) in [5.74, 6) is -0.629. The van der Waals surface area contributed by atoms with Crippen LogP contribution < -0.4 is 0 Å². The van der Waals surface area contributed by atoms with Gasteiger partial charge in [0.05, 0.1) is 19.3 Å². The van der Waals surface area contributed by atoms with Crippen molar-refractivity contribution >= 4 is 16.0 Å². The van der Waals surface area contributed by atoms with Crippen LogP contribution in [0.2, 0.25) is 0 Å². The second-order valence-corrected chi connectivity index (χ2v) is 5.67. The summed E-state index contributed by atoms with van der Waals surface area (Å²) in [6.45, 7) is 2.50. The molecule has 1 saturated heterocycles. The molecule has 0 saturated carbocycles. The Bertz CT molecular complexity index is 324. The third-order valence-electron chi connectivity index (χ3n) is 2.55. The topological polar surface area (TPSA) is 63.7 Å². The second kappa shape index (κ2) is 3.86. The molecule has 1 rings (SSSR count). The highest BCUT2D eigenvalue weighted by Gasteiger charge is 2.39. The van der Waals surface area contributed by atoms with Crippen LogP contribution in [0.4, 0.5) is 0 Å². The predicted octanol–water partition coefficient (Wildman–Crippen LogP) is -0.313. The maximum atomic E-state index is 11.3. The largest absolute Gasteiger partial charge is 0.469 e. The number of hydrogen-bond acceptors (Lipinski definition) is 4. The van der Waals surface area contributed by atoms with Crippen molar-refractivity contribution in [1.29, 1.82) is 0 Å². The highest BCUT2D eigenvalue weighted by molar-refractivity contribution is 7.88. The van der Waals surface area contributed by atoms with E-state index in [4.69, 9.17) is 0 Å². The van der Waals surface area contributed by atoms with Crippen LogP contribution in [0.3, 0.4) is 0 Å². The van der Waals surface area contributed by atoms with Gasteiger partial charge in [-0.25, -0.2) is 12.7 Å². The van der Waals surface area contributed by atoms with Crippen LogP contribution in [0.15, 0.2) is 0 Å². The van der Waals surface area contributed by atoms with Crippen LogP contribution in [0.5, 0.6) is 0 Å². The smallest absolute Gasteiger partial charge is 0.310 e. The molecule has 0 bridgehead atoms. The number of hydrogen-bond donors (Lipinski definition) is 0. The molecule has 14 heavy (non-hydrogen) atoms. The molecule has 1 heterocycles. The van der Waals surface area contributed by atoms with Gasteiger partial charge < -0.3 is 4.74 Å². The fourth-order valence-corrected chi connectivity index (χ4v) is 2.59. The van der Waals surface area contributed by atoms with Crippen LogP contribution in [-0.4, -0.2) is 45.1 Å². The average Bonchev–Trinajstić information content (AvgIpc) is 2.45. The first-order valence-corrected chi connectivity index (χ1v) is 6.24. The van der Waals surface area contributed by atoms with Crippen molar-refractivity contribution in [2.75, 3.05) is 26.5 Å². The minimum atomic E-state index is -3.18. The lowest BCUT2D eigenvalue weighted by atomic mass is 9.99. The number of methoxy groups -OCH3 is 1. The highest BCUT2D eigenvalue weighted by atomic mass is 32.2. The van der Waals surface area contributed by atoms with Crippen LogP contribution in [0.25, 0.3) is 0 Å². The summed E-state index contributed by atoms with van der Waals surface area (Å²) < 4.78 is 28.3. The van der Waals surface area contributed by atoms with E-state index in [2.05, 4.69) is 4.74 Å². The number of esters is 1. The van der Waals surface area contributed by atoms with Gasteiger partial charge >= 0.3 is 5.97 Å². The number of sulfonamides is 1. The van der Waals surface area contributed by atoms with Gasteiger partial charge in [-0.1, -0.05) is 6.92 Å². The fourth-order valence-electron chi connectivity index (χ4n) is 1.65. The first-order chi connectivity index (χ1) is 6.36. The fraction of sp³-hybridized carbons (Fsp3) is 0.875. The number of nitrogens with zero attached hydrogens (tertiary/aromatic N) is 1. The first-order valence-electron chi connectivity index (χ1n) is 4.39. The zero-order valence-corrected chi connectivity index (χ0v) is 9.37. The Kier molecular flexibility index (Phi) is 3.16. The average molecular weight is 221 g/mol. The summed E-state index contributed by atoms with van der Waals surface area (Å²) in [4.78, 5) is 11.3. The first kappa shape index (κ1) is 11.5. The molecule has 0 radical (unpaired) electrons. The standard InChI is InChI=1S/C8H15NO4S/c1-6-4-9(14(3,11)12)5-7(6)8(10)13-2/h6-7H,4-5H2,1-3H3/t6-,7-/m0/s1. The van der Waals surface area contributed by atoms with Gasteiger partial charge in [-0.3, -0.25) is 4.79 Å². The van der Waals surface area contributed by atoms with Crippen LogP contribution >= 0.6 is 0 Å². The van der Waals surface area contributed by atoms with Crippen molar-refractivity contribution in [3.63, 3.8) is 0 Å². The number of carbonyl (C=O) groups is 1. The van der Waals surface area contributed by atoms with Gasteiger partial charge in [0.1, 0.15) is 0 Å². The summed E-state index contributed by atoms with van der Waals surface area (Å²) in [6.07, 6.45) is 1.15. The van der Waals surface area contributed by atoms with Crippen LogP contribution in [-0.2, 0) is 19.6 Å². The third kappa shape index (κ3) is 2.24. The monoisotopic (exact) mass is 221 g/mol. The molecule has 2 atom stereocenters. The quantitative estimate of drug-likeness (QED) is 0.600. The van der Waals surface area contributed by atoms with Gasteiger partial charge in [-0.05, 0) is 5.92 Å². The minimum absolute atomic E-state index is 0.0252. The molecule has 0 aromatic rings. The van der Waals surface area contributed by atoms with Crippen molar-refractivity contribution in [2.24, 2.45) is 11.8 Å². The van der Waals surface area contributed by atoms with Crippen LogP contribution in [0, 0.1) is 11.8 Å². The molecule has 0 unspecified atom stereocenters. The van der Waals surface area contributed by atoms with E-state index < -0.39 is 10.0 Å². The van der Waals surface area contributed by atoms with Crippen molar-refractivity contribution < 1.29 is 17.9 Å². The summed E-state index contributed by atoms with van der Waals surface area (Å²) >= 11 is 0. The van der Waals surface area contributed by atoms with Crippen LogP contribution in [0.1, 0.15) is 6.92 Å². The van der Waals surface area contributed by atoms with E-state index in [0.717, 1.165) is 6.26 Å². The number of carbonyl (C=O) groups excluding carboxylic acids is 1. The Morgan fingerprint density at radius 2 is 2.00 bits per heavy atom. The molecule has 0 aromatic heterocycles. The molecule has 0 spiro atoms. The molecule has 5 nitrogen and oxygen atoms in total. The summed E-state index contributed by atoms with van der Waals surface area (Å²) in [7, 11) is -1.87. The molecule has 0 amide bonds. The number of rotatable bonds is 2. The third-order valence-corrected chi connectivity index (χ3v) is 3.79.